The van der Waals surface area contributed by atoms with E-state index in [1.807, 2.05) is 24.3 Å². The van der Waals surface area contributed by atoms with Gasteiger partial charge in [-0.15, -0.1) is 0 Å². The number of aromatic nitrogens is 2. The van der Waals surface area contributed by atoms with Crippen LogP contribution in [0, 0.1) is 0 Å². The Morgan fingerprint density at radius 2 is 1.83 bits per heavy atom. The van der Waals surface area contributed by atoms with Crippen LogP contribution in [0.2, 0.25) is 0 Å². The maximum absolute atomic E-state index is 12.0. The highest BCUT2D eigenvalue weighted by Crippen LogP contribution is 2.25. The third-order valence-electron chi connectivity index (χ3n) is 3.51. The Bertz CT molecular complexity index is 728. The Morgan fingerprint density at radius 3 is 2.56 bits per heavy atom. The number of imidazole rings is 1. The molecule has 1 aromatic heterocycles. The second-order valence-corrected chi connectivity index (χ2v) is 7.00. The second kappa shape index (κ2) is 3.98. The van der Waals surface area contributed by atoms with Crippen LogP contribution in [0.15, 0.2) is 29.1 Å². The van der Waals surface area contributed by atoms with E-state index in [9.17, 15) is 13.2 Å². The number of aromatic amines is 1. The number of nitrogens with zero attached hydrogens (tertiary/aromatic N) is 1. The number of hydrogen-bond acceptors (Lipinski definition) is 3. The first-order chi connectivity index (χ1) is 8.57. The lowest BCUT2D eigenvalue weighted by Crippen LogP contribution is -2.30. The summed E-state index contributed by atoms with van der Waals surface area (Å²) in [7, 11) is -2.90. The summed E-state index contributed by atoms with van der Waals surface area (Å²) < 4.78 is 24.5. The van der Waals surface area contributed by atoms with Crippen molar-refractivity contribution in [3.8, 4) is 0 Å². The van der Waals surface area contributed by atoms with Gasteiger partial charge < -0.3 is 4.98 Å². The predicted octanol–water partition coefficient (Wildman–Crippen LogP) is 1.08. The first kappa shape index (κ1) is 11.5. The molecule has 2 heterocycles. The molecule has 1 fully saturated rings. The van der Waals surface area contributed by atoms with Crippen molar-refractivity contribution in [1.29, 1.82) is 0 Å². The van der Waals surface area contributed by atoms with Crippen LogP contribution in [-0.4, -0.2) is 29.5 Å². The number of benzene rings is 1. The number of nitrogens with one attached hydrogen (secondary N) is 1. The van der Waals surface area contributed by atoms with E-state index in [4.69, 9.17) is 0 Å². The molecule has 0 unspecified atom stereocenters. The van der Waals surface area contributed by atoms with Gasteiger partial charge in [0.15, 0.2) is 0 Å². The van der Waals surface area contributed by atoms with Gasteiger partial charge in [-0.3, -0.25) is 4.57 Å². The van der Waals surface area contributed by atoms with Gasteiger partial charge in [-0.2, -0.15) is 0 Å². The molecule has 1 N–H and O–H groups in total. The molecule has 1 aliphatic rings. The summed E-state index contributed by atoms with van der Waals surface area (Å²) in [4.78, 5) is 14.8. The van der Waals surface area contributed by atoms with E-state index in [0.717, 1.165) is 11.0 Å². The molecule has 0 saturated carbocycles. The van der Waals surface area contributed by atoms with E-state index in [1.165, 1.54) is 0 Å². The minimum Gasteiger partial charge on any atom is -0.306 e. The summed E-state index contributed by atoms with van der Waals surface area (Å²) in [6.45, 7) is 0. The molecule has 0 amide bonds. The molecule has 96 valence electrons. The Labute approximate surface area is 104 Å². The Morgan fingerprint density at radius 1 is 1.17 bits per heavy atom. The molecule has 0 aliphatic carbocycles. The van der Waals surface area contributed by atoms with Gasteiger partial charge in [-0.05, 0) is 25.0 Å². The van der Waals surface area contributed by atoms with Crippen molar-refractivity contribution in [1.82, 2.24) is 9.55 Å². The van der Waals surface area contributed by atoms with Crippen molar-refractivity contribution in [2.75, 3.05) is 11.5 Å². The quantitative estimate of drug-likeness (QED) is 0.839. The SMILES string of the molecule is O=c1[nH]c2ccccc2n1C1CCS(=O)(=O)CC1. The van der Waals surface area contributed by atoms with Crippen LogP contribution >= 0.6 is 0 Å². The number of hydrogen-bond donors (Lipinski definition) is 1. The van der Waals surface area contributed by atoms with E-state index in [0.29, 0.717) is 12.8 Å². The van der Waals surface area contributed by atoms with Crippen LogP contribution in [0.4, 0.5) is 0 Å². The Kier molecular flexibility index (Phi) is 2.55. The summed E-state index contributed by atoms with van der Waals surface area (Å²) >= 11 is 0. The summed E-state index contributed by atoms with van der Waals surface area (Å²) in [5.74, 6) is 0.341. The van der Waals surface area contributed by atoms with E-state index in [-0.39, 0.29) is 23.2 Å². The topological polar surface area (TPSA) is 71.9 Å². The fraction of sp³-hybridized carbons (Fsp3) is 0.417. The zero-order chi connectivity index (χ0) is 12.8. The van der Waals surface area contributed by atoms with Gasteiger partial charge in [-0.25, -0.2) is 13.2 Å². The molecule has 5 nitrogen and oxygen atoms in total. The zero-order valence-corrected chi connectivity index (χ0v) is 10.6. The lowest BCUT2D eigenvalue weighted by molar-refractivity contribution is 0.450. The van der Waals surface area contributed by atoms with Gasteiger partial charge in [0, 0.05) is 6.04 Å². The number of para-hydroxylation sites is 2. The molecule has 1 saturated heterocycles. The maximum Gasteiger partial charge on any atom is 0.326 e. The Hall–Kier alpha value is -1.56. The number of H-pyrrole nitrogens is 1. The maximum atomic E-state index is 12.0. The summed E-state index contributed by atoms with van der Waals surface area (Å²) in [6, 6.07) is 7.47. The second-order valence-electron chi connectivity index (χ2n) is 4.70. The highest BCUT2D eigenvalue weighted by Gasteiger charge is 2.26. The smallest absolute Gasteiger partial charge is 0.306 e. The van der Waals surface area contributed by atoms with Crippen molar-refractivity contribution in [2.45, 2.75) is 18.9 Å². The van der Waals surface area contributed by atoms with Crippen molar-refractivity contribution in [2.24, 2.45) is 0 Å². The first-order valence-corrected chi connectivity index (χ1v) is 7.79. The molecular formula is C12H14N2O3S. The molecule has 2 aromatic rings. The van der Waals surface area contributed by atoms with Crippen LogP contribution in [0.1, 0.15) is 18.9 Å². The largest absolute Gasteiger partial charge is 0.326 e. The van der Waals surface area contributed by atoms with Crippen molar-refractivity contribution < 1.29 is 8.42 Å². The summed E-state index contributed by atoms with van der Waals surface area (Å²) in [5.41, 5.74) is 1.50. The van der Waals surface area contributed by atoms with E-state index < -0.39 is 9.84 Å². The van der Waals surface area contributed by atoms with Crippen molar-refractivity contribution in [3.63, 3.8) is 0 Å². The highest BCUT2D eigenvalue weighted by atomic mass is 32.2. The lowest BCUT2D eigenvalue weighted by atomic mass is 10.1. The average molecular weight is 266 g/mol. The fourth-order valence-corrected chi connectivity index (χ4v) is 4.04. The number of rotatable bonds is 1. The fourth-order valence-electron chi connectivity index (χ4n) is 2.57. The lowest BCUT2D eigenvalue weighted by Gasteiger charge is -2.23. The number of fused-ring (bicyclic) bond motifs is 1. The molecular weight excluding hydrogens is 252 g/mol. The highest BCUT2D eigenvalue weighted by molar-refractivity contribution is 7.91. The summed E-state index contributed by atoms with van der Waals surface area (Å²) in [5, 5.41) is 0. The molecule has 0 atom stereocenters. The van der Waals surface area contributed by atoms with Crippen LogP contribution in [0.5, 0.6) is 0 Å². The number of sulfone groups is 1. The standard InChI is InChI=1S/C12H14N2O3S/c15-12-13-10-3-1-2-4-11(10)14(12)9-5-7-18(16,17)8-6-9/h1-4,9H,5-8H2,(H,13,15). The van der Waals surface area contributed by atoms with Crippen LogP contribution in [0.3, 0.4) is 0 Å². The van der Waals surface area contributed by atoms with Gasteiger partial charge in [0.2, 0.25) is 0 Å². The first-order valence-electron chi connectivity index (χ1n) is 5.96. The summed E-state index contributed by atoms with van der Waals surface area (Å²) in [6.07, 6.45) is 1.04. The van der Waals surface area contributed by atoms with Gasteiger partial charge in [0.05, 0.1) is 22.5 Å². The molecule has 18 heavy (non-hydrogen) atoms. The van der Waals surface area contributed by atoms with Gasteiger partial charge >= 0.3 is 5.69 Å². The average Bonchev–Trinajstić information content (AvgIpc) is 2.66. The molecule has 0 bridgehead atoms. The molecule has 1 aromatic carbocycles. The molecule has 0 spiro atoms. The van der Waals surface area contributed by atoms with Gasteiger partial charge in [0.25, 0.3) is 0 Å². The van der Waals surface area contributed by atoms with Gasteiger partial charge in [0.1, 0.15) is 9.84 Å². The van der Waals surface area contributed by atoms with Crippen molar-refractivity contribution >= 4 is 20.9 Å². The van der Waals surface area contributed by atoms with Gasteiger partial charge in [-0.1, -0.05) is 12.1 Å². The molecule has 0 radical (unpaired) electrons. The normalized spacial score (nSPS) is 20.2. The third-order valence-corrected chi connectivity index (χ3v) is 5.23. The monoisotopic (exact) mass is 266 g/mol. The van der Waals surface area contributed by atoms with Crippen LogP contribution in [-0.2, 0) is 9.84 Å². The van der Waals surface area contributed by atoms with Crippen LogP contribution in [0.25, 0.3) is 11.0 Å². The minimum atomic E-state index is -2.90. The van der Waals surface area contributed by atoms with E-state index in [1.54, 1.807) is 4.57 Å². The van der Waals surface area contributed by atoms with E-state index in [2.05, 4.69) is 4.98 Å². The molecule has 3 rings (SSSR count). The molecule has 1 aliphatic heterocycles. The Balaban J connectivity index is 2.05. The van der Waals surface area contributed by atoms with Crippen molar-refractivity contribution in [3.05, 3.63) is 34.7 Å². The molecule has 6 heteroatoms. The van der Waals surface area contributed by atoms with E-state index >= 15 is 0 Å². The third kappa shape index (κ3) is 1.86. The predicted molar refractivity (Wildman–Crippen MR) is 69.5 cm³/mol. The van der Waals surface area contributed by atoms with Crippen LogP contribution < -0.4 is 5.69 Å². The zero-order valence-electron chi connectivity index (χ0n) is 9.80. The minimum absolute atomic E-state index is 0.0165.